The lowest BCUT2D eigenvalue weighted by Crippen LogP contribution is -2.38. The minimum atomic E-state index is -2.48. The summed E-state index contributed by atoms with van der Waals surface area (Å²) in [5.74, 6) is 1.08. The molecule has 0 fully saturated rings. The summed E-state index contributed by atoms with van der Waals surface area (Å²) in [5, 5.41) is 6.25. The second-order valence-electron chi connectivity index (χ2n) is 4.40. The van der Waals surface area contributed by atoms with Gasteiger partial charge in [-0.3, -0.25) is 4.99 Å². The van der Waals surface area contributed by atoms with Crippen LogP contribution in [0.3, 0.4) is 0 Å². The molecule has 0 radical (unpaired) electrons. The molecule has 1 aromatic carbocycles. The number of hydrogen-bond acceptors (Lipinski definition) is 3. The van der Waals surface area contributed by atoms with Crippen molar-refractivity contribution in [2.75, 3.05) is 33.4 Å². The smallest absolute Gasteiger partial charge is 0.272 e. The average molecular weight is 443 g/mol. The van der Waals surface area contributed by atoms with Crippen LogP contribution in [0.25, 0.3) is 0 Å². The fourth-order valence-corrected chi connectivity index (χ4v) is 1.70. The van der Waals surface area contributed by atoms with Crippen LogP contribution in [0, 0.1) is 0 Å². The minimum Gasteiger partial charge on any atom is -0.488 e. The quantitative estimate of drug-likeness (QED) is 0.267. The number of alkyl halides is 2. The number of aliphatic imine (C=N–C) groups is 1. The van der Waals surface area contributed by atoms with Gasteiger partial charge in [0.1, 0.15) is 12.4 Å². The highest BCUT2D eigenvalue weighted by Gasteiger charge is 2.04. The van der Waals surface area contributed by atoms with Crippen molar-refractivity contribution in [3.8, 4) is 5.75 Å². The number of halogens is 3. The van der Waals surface area contributed by atoms with E-state index in [4.69, 9.17) is 9.47 Å². The average Bonchev–Trinajstić information content (AvgIpc) is 2.52. The molecule has 0 atom stereocenters. The van der Waals surface area contributed by atoms with Gasteiger partial charge in [0.15, 0.2) is 5.96 Å². The van der Waals surface area contributed by atoms with Crippen molar-refractivity contribution < 1.29 is 18.3 Å². The van der Waals surface area contributed by atoms with E-state index in [-0.39, 0.29) is 24.0 Å². The Morgan fingerprint density at radius 1 is 1.30 bits per heavy atom. The second kappa shape index (κ2) is 13.3. The molecule has 1 rings (SSSR count). The Morgan fingerprint density at radius 3 is 2.74 bits per heavy atom. The van der Waals surface area contributed by atoms with Gasteiger partial charge >= 0.3 is 0 Å². The molecule has 1 aromatic rings. The minimum absolute atomic E-state index is 0. The Labute approximate surface area is 152 Å². The van der Waals surface area contributed by atoms with Gasteiger partial charge in [0.05, 0.1) is 6.61 Å². The lowest BCUT2D eigenvalue weighted by Gasteiger charge is -2.12. The summed E-state index contributed by atoms with van der Waals surface area (Å²) in [4.78, 5) is 4.09. The van der Waals surface area contributed by atoms with E-state index in [1.807, 2.05) is 13.0 Å². The molecule has 0 heterocycles. The summed E-state index contributed by atoms with van der Waals surface area (Å²) in [6.07, 6.45) is -2.48. The SMILES string of the molecule is CCOCCNC(=NC)NCc1cccc(OCC(F)F)c1.I. The molecule has 0 aromatic heterocycles. The van der Waals surface area contributed by atoms with E-state index in [0.717, 1.165) is 5.56 Å². The van der Waals surface area contributed by atoms with Crippen molar-refractivity contribution in [2.45, 2.75) is 19.9 Å². The largest absolute Gasteiger partial charge is 0.488 e. The molecule has 0 spiro atoms. The highest BCUT2D eigenvalue weighted by atomic mass is 127. The van der Waals surface area contributed by atoms with Crippen LogP contribution in [-0.2, 0) is 11.3 Å². The Bertz CT molecular complexity index is 462. The molecule has 0 aliphatic carbocycles. The van der Waals surface area contributed by atoms with Crippen molar-refractivity contribution in [3.63, 3.8) is 0 Å². The lowest BCUT2D eigenvalue weighted by molar-refractivity contribution is 0.0818. The molecule has 0 aliphatic heterocycles. The summed E-state index contributed by atoms with van der Waals surface area (Å²) in [7, 11) is 1.68. The normalized spacial score (nSPS) is 11.1. The molecule has 23 heavy (non-hydrogen) atoms. The Balaban J connectivity index is 0.00000484. The number of benzene rings is 1. The van der Waals surface area contributed by atoms with Crippen molar-refractivity contribution in [1.82, 2.24) is 10.6 Å². The van der Waals surface area contributed by atoms with Crippen LogP contribution in [0.5, 0.6) is 5.75 Å². The number of hydrogen-bond donors (Lipinski definition) is 2. The standard InChI is InChI=1S/C15H23F2N3O2.HI/c1-3-21-8-7-19-15(18-2)20-10-12-5-4-6-13(9-12)22-11-14(16)17;/h4-6,9,14H,3,7-8,10-11H2,1-2H3,(H2,18,19,20);1H. The van der Waals surface area contributed by atoms with E-state index in [9.17, 15) is 8.78 Å². The maximum atomic E-state index is 12.1. The van der Waals surface area contributed by atoms with Crippen molar-refractivity contribution in [1.29, 1.82) is 0 Å². The fourth-order valence-electron chi connectivity index (χ4n) is 1.70. The summed E-state index contributed by atoms with van der Waals surface area (Å²) in [6.45, 7) is 3.80. The van der Waals surface area contributed by atoms with Crippen molar-refractivity contribution in [3.05, 3.63) is 29.8 Å². The van der Waals surface area contributed by atoms with Gasteiger partial charge in [-0.1, -0.05) is 12.1 Å². The van der Waals surface area contributed by atoms with E-state index < -0.39 is 13.0 Å². The van der Waals surface area contributed by atoms with Crippen molar-refractivity contribution >= 4 is 29.9 Å². The van der Waals surface area contributed by atoms with Gasteiger partial charge in [-0.25, -0.2) is 8.78 Å². The van der Waals surface area contributed by atoms with Crippen LogP contribution in [0.1, 0.15) is 12.5 Å². The number of nitrogens with zero attached hydrogens (tertiary/aromatic N) is 1. The topological polar surface area (TPSA) is 54.9 Å². The van der Waals surface area contributed by atoms with Crippen LogP contribution >= 0.6 is 24.0 Å². The summed E-state index contributed by atoms with van der Waals surface area (Å²) in [5.41, 5.74) is 0.916. The van der Waals surface area contributed by atoms with E-state index in [1.165, 1.54) is 0 Å². The molecular formula is C15H24F2IN3O2. The molecule has 0 saturated heterocycles. The highest BCUT2D eigenvalue weighted by Crippen LogP contribution is 2.14. The summed E-state index contributed by atoms with van der Waals surface area (Å²) >= 11 is 0. The predicted octanol–water partition coefficient (Wildman–Crippen LogP) is 2.65. The molecule has 0 aliphatic rings. The fraction of sp³-hybridized carbons (Fsp3) is 0.533. The van der Waals surface area contributed by atoms with Crippen LogP contribution in [0.2, 0.25) is 0 Å². The molecule has 0 bridgehead atoms. The first-order chi connectivity index (χ1) is 10.7. The third kappa shape index (κ3) is 10.3. The molecule has 8 heteroatoms. The van der Waals surface area contributed by atoms with E-state index >= 15 is 0 Å². The van der Waals surface area contributed by atoms with Gasteiger partial charge < -0.3 is 20.1 Å². The number of guanidine groups is 1. The number of rotatable bonds is 9. The van der Waals surface area contributed by atoms with E-state index in [0.29, 0.717) is 38.0 Å². The molecule has 0 unspecified atom stereocenters. The number of nitrogens with one attached hydrogen (secondary N) is 2. The highest BCUT2D eigenvalue weighted by molar-refractivity contribution is 14.0. The lowest BCUT2D eigenvalue weighted by atomic mass is 10.2. The maximum Gasteiger partial charge on any atom is 0.272 e. The van der Waals surface area contributed by atoms with Crippen LogP contribution in [0.4, 0.5) is 8.78 Å². The zero-order valence-electron chi connectivity index (χ0n) is 13.4. The third-order valence-electron chi connectivity index (χ3n) is 2.70. The third-order valence-corrected chi connectivity index (χ3v) is 2.70. The second-order valence-corrected chi connectivity index (χ2v) is 4.40. The predicted molar refractivity (Wildman–Crippen MR) is 98.1 cm³/mol. The van der Waals surface area contributed by atoms with Gasteiger partial charge in [0.2, 0.25) is 0 Å². The first kappa shape index (κ1) is 21.8. The summed E-state index contributed by atoms with van der Waals surface area (Å²) in [6, 6.07) is 7.03. The Morgan fingerprint density at radius 2 is 2.09 bits per heavy atom. The zero-order valence-corrected chi connectivity index (χ0v) is 15.7. The molecule has 5 nitrogen and oxygen atoms in total. The first-order valence-electron chi connectivity index (χ1n) is 7.17. The maximum absolute atomic E-state index is 12.1. The van der Waals surface area contributed by atoms with E-state index in [1.54, 1.807) is 25.2 Å². The molecule has 0 saturated carbocycles. The Kier molecular flexibility index (Phi) is 12.6. The van der Waals surface area contributed by atoms with Crippen LogP contribution in [-0.4, -0.2) is 45.8 Å². The van der Waals surface area contributed by atoms with Gasteiger partial charge in [-0.05, 0) is 24.6 Å². The molecule has 0 amide bonds. The first-order valence-corrected chi connectivity index (χ1v) is 7.17. The van der Waals surface area contributed by atoms with Crippen LogP contribution in [0.15, 0.2) is 29.3 Å². The van der Waals surface area contributed by atoms with Gasteiger partial charge in [-0.2, -0.15) is 0 Å². The Hall–Kier alpha value is -1.16. The van der Waals surface area contributed by atoms with Gasteiger partial charge in [0, 0.05) is 26.7 Å². The molecule has 2 N–H and O–H groups in total. The van der Waals surface area contributed by atoms with E-state index in [2.05, 4.69) is 15.6 Å². The monoisotopic (exact) mass is 443 g/mol. The van der Waals surface area contributed by atoms with Gasteiger partial charge in [-0.15, -0.1) is 24.0 Å². The molecular weight excluding hydrogens is 419 g/mol. The van der Waals surface area contributed by atoms with Crippen molar-refractivity contribution in [2.24, 2.45) is 4.99 Å². The van der Waals surface area contributed by atoms with Crippen LogP contribution < -0.4 is 15.4 Å². The zero-order chi connectivity index (χ0) is 16.2. The van der Waals surface area contributed by atoms with Gasteiger partial charge in [0.25, 0.3) is 6.43 Å². The molecule has 132 valence electrons. The summed E-state index contributed by atoms with van der Waals surface area (Å²) < 4.78 is 34.5. The number of ether oxygens (including phenoxy) is 2.